The second-order valence-electron chi connectivity index (χ2n) is 5.74. The summed E-state index contributed by atoms with van der Waals surface area (Å²) >= 11 is 11.1. The first-order valence-corrected chi connectivity index (χ1v) is 8.10. The molecule has 4 nitrogen and oxygen atoms in total. The third-order valence-corrected chi connectivity index (χ3v) is 4.55. The van der Waals surface area contributed by atoms with Gasteiger partial charge in [0.2, 0.25) is 5.41 Å². The highest BCUT2D eigenvalue weighted by Crippen LogP contribution is 2.58. The lowest BCUT2D eigenvalue weighted by Gasteiger charge is -2.39. The normalized spacial score (nSPS) is 12.7. The molecule has 0 aliphatic heterocycles. The van der Waals surface area contributed by atoms with Crippen molar-refractivity contribution in [2.45, 2.75) is 17.8 Å². The Labute approximate surface area is 168 Å². The molecule has 0 fully saturated rings. The van der Waals surface area contributed by atoms with Gasteiger partial charge in [-0.15, -0.1) is 0 Å². The highest BCUT2D eigenvalue weighted by molar-refractivity contribution is 6.31. The summed E-state index contributed by atoms with van der Waals surface area (Å²) in [6.07, 6.45) is -12.4. The fourth-order valence-corrected chi connectivity index (χ4v) is 3.30. The first-order chi connectivity index (χ1) is 13.1. The fourth-order valence-electron chi connectivity index (χ4n) is 2.96. The van der Waals surface area contributed by atoms with Crippen molar-refractivity contribution in [1.82, 2.24) is 0 Å². The van der Waals surface area contributed by atoms with E-state index in [1.165, 1.54) is 0 Å². The summed E-state index contributed by atoms with van der Waals surface area (Å²) in [5.41, 5.74) is -11.2. The van der Waals surface area contributed by atoms with Crippen molar-refractivity contribution in [3.05, 3.63) is 68.7 Å². The minimum atomic E-state index is -6.19. The fraction of sp³-hybridized carbons (Fsp3) is 0.176. The largest absolute Gasteiger partial charge is 0.478 e. The zero-order valence-corrected chi connectivity index (χ0v) is 15.2. The van der Waals surface area contributed by atoms with Gasteiger partial charge in [0.25, 0.3) is 0 Å². The molecule has 0 spiro atoms. The van der Waals surface area contributed by atoms with E-state index >= 15 is 0 Å². The Morgan fingerprint density at radius 3 is 1.24 bits per heavy atom. The number of carbonyl (C=O) groups is 2. The molecular weight excluding hydrogens is 453 g/mol. The maximum atomic E-state index is 14.2. The van der Waals surface area contributed by atoms with Gasteiger partial charge in [-0.1, -0.05) is 35.3 Å². The minimum Gasteiger partial charge on any atom is -0.478 e. The molecule has 0 aliphatic carbocycles. The van der Waals surface area contributed by atoms with E-state index < -0.39 is 62.0 Å². The zero-order valence-electron chi connectivity index (χ0n) is 13.7. The maximum absolute atomic E-state index is 14.2. The van der Waals surface area contributed by atoms with Crippen LogP contribution in [0.5, 0.6) is 0 Å². The lowest BCUT2D eigenvalue weighted by atomic mass is 9.69. The number of hydrogen-bond acceptors (Lipinski definition) is 2. The van der Waals surface area contributed by atoms with Gasteiger partial charge in [-0.2, -0.15) is 26.3 Å². The highest BCUT2D eigenvalue weighted by Gasteiger charge is 2.74. The van der Waals surface area contributed by atoms with E-state index in [0.29, 0.717) is 24.3 Å². The summed E-state index contributed by atoms with van der Waals surface area (Å²) < 4.78 is 85.0. The van der Waals surface area contributed by atoms with Crippen molar-refractivity contribution in [1.29, 1.82) is 0 Å². The molecule has 0 radical (unpaired) electrons. The number of halogens is 8. The predicted octanol–water partition coefficient (Wildman–Crippen LogP) is 5.80. The van der Waals surface area contributed by atoms with Crippen LogP contribution in [0, 0.1) is 0 Å². The first-order valence-electron chi connectivity index (χ1n) is 7.34. The van der Waals surface area contributed by atoms with E-state index in [-0.39, 0.29) is 12.1 Å². The third kappa shape index (κ3) is 3.74. The number of benzene rings is 2. The molecule has 0 heterocycles. The molecule has 2 aromatic carbocycles. The molecule has 29 heavy (non-hydrogen) atoms. The Morgan fingerprint density at radius 1 is 0.690 bits per heavy atom. The Bertz CT molecular complexity index is 905. The number of alkyl halides is 6. The van der Waals surface area contributed by atoms with Gasteiger partial charge in [-0.3, -0.25) is 0 Å². The Morgan fingerprint density at radius 2 is 1.00 bits per heavy atom. The Kier molecular flexibility index (Phi) is 5.84. The van der Waals surface area contributed by atoms with Crippen LogP contribution >= 0.6 is 23.2 Å². The second kappa shape index (κ2) is 7.42. The Hall–Kier alpha value is -2.46. The van der Waals surface area contributed by atoms with Gasteiger partial charge >= 0.3 is 24.3 Å². The third-order valence-electron chi connectivity index (χ3n) is 4.08. The van der Waals surface area contributed by atoms with E-state index in [2.05, 4.69) is 0 Å². The van der Waals surface area contributed by atoms with E-state index in [9.17, 15) is 46.1 Å². The van der Waals surface area contributed by atoms with Gasteiger partial charge in [-0.25, -0.2) is 9.59 Å². The average Bonchev–Trinajstić information content (AvgIpc) is 2.54. The van der Waals surface area contributed by atoms with Gasteiger partial charge in [0.15, 0.2) is 0 Å². The van der Waals surface area contributed by atoms with Crippen molar-refractivity contribution >= 4 is 35.1 Å². The summed E-state index contributed by atoms with van der Waals surface area (Å²) in [4.78, 5) is 22.9. The van der Waals surface area contributed by atoms with E-state index in [4.69, 9.17) is 23.2 Å². The lowest BCUT2D eigenvalue weighted by molar-refractivity contribution is -0.288. The zero-order chi connectivity index (χ0) is 22.4. The smallest absolute Gasteiger partial charge is 0.411 e. The van der Waals surface area contributed by atoms with E-state index in [1.54, 1.807) is 0 Å². The number of hydrogen-bond donors (Lipinski definition) is 2. The standard InChI is InChI=1S/C17H8Cl2F6O4/c18-7-1-3-11(9(5-7)13(26)27)15(16(20,21)22,17(23,24)25)12-4-2-8(19)6-10(12)14(28)29/h1-6H,(H,26,27)(H,28,29). The number of rotatable bonds is 4. The quantitative estimate of drug-likeness (QED) is 0.565. The molecule has 0 amide bonds. The summed E-state index contributed by atoms with van der Waals surface area (Å²) in [5.74, 6) is -4.24. The topological polar surface area (TPSA) is 74.6 Å². The molecular formula is C17H8Cl2F6O4. The summed E-state index contributed by atoms with van der Waals surface area (Å²) in [6.45, 7) is 0. The summed E-state index contributed by atoms with van der Waals surface area (Å²) in [6, 6.07) is 2.64. The monoisotopic (exact) mass is 460 g/mol. The Balaban J connectivity index is 3.19. The highest BCUT2D eigenvalue weighted by atomic mass is 35.5. The summed E-state index contributed by atoms with van der Waals surface area (Å²) in [7, 11) is 0. The SMILES string of the molecule is O=C(O)c1cc(Cl)ccc1C(c1ccc(Cl)cc1C(=O)O)(C(F)(F)F)C(F)(F)F. The molecule has 0 atom stereocenters. The summed E-state index contributed by atoms with van der Waals surface area (Å²) in [5, 5.41) is 17.6. The van der Waals surface area contributed by atoms with Crippen LogP contribution in [-0.4, -0.2) is 34.5 Å². The lowest BCUT2D eigenvalue weighted by Crippen LogP contribution is -2.56. The molecule has 2 aromatic rings. The molecule has 0 unspecified atom stereocenters. The molecule has 0 aliphatic rings. The van der Waals surface area contributed by atoms with Gasteiger partial charge in [0.05, 0.1) is 11.1 Å². The minimum absolute atomic E-state index is 0.257. The van der Waals surface area contributed by atoms with E-state index in [0.717, 1.165) is 0 Å². The van der Waals surface area contributed by atoms with Crippen LogP contribution in [0.2, 0.25) is 10.0 Å². The molecule has 0 aromatic heterocycles. The molecule has 0 saturated carbocycles. The number of aromatic carboxylic acids is 2. The molecule has 0 saturated heterocycles. The van der Waals surface area contributed by atoms with Crippen LogP contribution in [0.3, 0.4) is 0 Å². The molecule has 0 bridgehead atoms. The van der Waals surface area contributed by atoms with Crippen LogP contribution in [0.15, 0.2) is 36.4 Å². The van der Waals surface area contributed by atoms with Crippen molar-refractivity contribution in [2.75, 3.05) is 0 Å². The van der Waals surface area contributed by atoms with Crippen LogP contribution in [0.4, 0.5) is 26.3 Å². The van der Waals surface area contributed by atoms with Crippen molar-refractivity contribution < 1.29 is 46.1 Å². The van der Waals surface area contributed by atoms with Crippen molar-refractivity contribution in [2.24, 2.45) is 0 Å². The molecule has 2 N–H and O–H groups in total. The van der Waals surface area contributed by atoms with Crippen LogP contribution in [0.1, 0.15) is 31.8 Å². The first kappa shape index (κ1) is 22.8. The van der Waals surface area contributed by atoms with Gasteiger partial charge in [0, 0.05) is 10.0 Å². The van der Waals surface area contributed by atoms with Gasteiger partial charge < -0.3 is 10.2 Å². The van der Waals surface area contributed by atoms with Gasteiger partial charge in [-0.05, 0) is 35.4 Å². The maximum Gasteiger partial charge on any atom is 0.411 e. The average molecular weight is 461 g/mol. The second-order valence-corrected chi connectivity index (χ2v) is 6.61. The van der Waals surface area contributed by atoms with Crippen molar-refractivity contribution in [3.63, 3.8) is 0 Å². The van der Waals surface area contributed by atoms with Crippen LogP contribution < -0.4 is 0 Å². The van der Waals surface area contributed by atoms with Gasteiger partial charge in [0.1, 0.15) is 0 Å². The number of carboxylic acid groups (broad SMARTS) is 2. The molecule has 156 valence electrons. The predicted molar refractivity (Wildman–Crippen MR) is 89.7 cm³/mol. The van der Waals surface area contributed by atoms with E-state index in [1.807, 2.05) is 0 Å². The number of carboxylic acids is 2. The molecule has 12 heteroatoms. The van der Waals surface area contributed by atoms with Crippen LogP contribution in [0.25, 0.3) is 0 Å². The van der Waals surface area contributed by atoms with Crippen LogP contribution in [-0.2, 0) is 5.41 Å². The molecule has 2 rings (SSSR count). The van der Waals surface area contributed by atoms with Crippen molar-refractivity contribution in [3.8, 4) is 0 Å².